The lowest BCUT2D eigenvalue weighted by atomic mass is 9.95. The maximum atomic E-state index is 13.6. The Hall–Kier alpha value is -1.76. The molecular formula is C16H18F3NO3. The van der Waals surface area contributed by atoms with E-state index in [-0.39, 0.29) is 6.42 Å². The summed E-state index contributed by atoms with van der Waals surface area (Å²) in [5.41, 5.74) is -2.77. The first-order valence-corrected chi connectivity index (χ1v) is 7.24. The van der Waals surface area contributed by atoms with E-state index in [9.17, 15) is 23.1 Å². The van der Waals surface area contributed by atoms with Crippen LogP contribution in [-0.4, -0.2) is 34.5 Å². The van der Waals surface area contributed by atoms with Crippen LogP contribution in [0.4, 0.5) is 13.2 Å². The lowest BCUT2D eigenvalue weighted by Crippen LogP contribution is -2.39. The maximum Gasteiger partial charge on any atom is 0.401 e. The second-order valence-corrected chi connectivity index (χ2v) is 6.48. The van der Waals surface area contributed by atoms with Crippen LogP contribution in [0.3, 0.4) is 0 Å². The summed E-state index contributed by atoms with van der Waals surface area (Å²) >= 11 is 0. The Bertz CT molecular complexity index is 819. The smallest absolute Gasteiger partial charge is 0.401 e. The molecule has 3 atom stereocenters. The second kappa shape index (κ2) is 4.41. The predicted octanol–water partition coefficient (Wildman–Crippen LogP) is 0.553. The number of rotatable bonds is 2. The average molecular weight is 329 g/mol. The first kappa shape index (κ1) is 16.1. The lowest BCUT2D eigenvalue weighted by Gasteiger charge is -2.20. The molecule has 1 fully saturated rings. The minimum absolute atomic E-state index is 0.0102. The minimum atomic E-state index is -4.55. The number of methoxy groups -OCH3 is 1. The molecule has 2 aliphatic rings. The van der Waals surface area contributed by atoms with E-state index in [1.807, 2.05) is 0 Å². The van der Waals surface area contributed by atoms with Gasteiger partial charge in [0.2, 0.25) is 0 Å². The number of aliphatic hydroxyl groups is 1. The van der Waals surface area contributed by atoms with E-state index in [0.717, 1.165) is 6.08 Å². The van der Waals surface area contributed by atoms with Crippen molar-refractivity contribution in [1.82, 2.24) is 4.57 Å². The summed E-state index contributed by atoms with van der Waals surface area (Å²) in [5, 5.41) is 11.2. The van der Waals surface area contributed by atoms with Crippen LogP contribution in [-0.2, 0) is 23.0 Å². The average Bonchev–Trinajstić information content (AvgIpc) is 2.88. The fraction of sp³-hybridized carbons (Fsp3) is 0.562. The van der Waals surface area contributed by atoms with Crippen molar-refractivity contribution >= 4 is 18.1 Å². The van der Waals surface area contributed by atoms with Gasteiger partial charge in [0.15, 0.2) is 0 Å². The first-order valence-electron chi connectivity index (χ1n) is 7.24. The van der Waals surface area contributed by atoms with E-state index in [2.05, 4.69) is 4.74 Å². The molecule has 1 saturated carbocycles. The molecule has 3 rings (SSSR count). The van der Waals surface area contributed by atoms with Gasteiger partial charge in [0, 0.05) is 24.0 Å². The summed E-state index contributed by atoms with van der Waals surface area (Å²) in [6.45, 7) is 2.96. The predicted molar refractivity (Wildman–Crippen MR) is 76.7 cm³/mol. The van der Waals surface area contributed by atoms with Gasteiger partial charge in [0.1, 0.15) is 5.41 Å². The number of halogens is 3. The molecule has 0 saturated heterocycles. The van der Waals surface area contributed by atoms with Crippen molar-refractivity contribution < 1.29 is 27.8 Å². The molecule has 0 bridgehead atoms. The monoisotopic (exact) mass is 329 g/mol. The number of esters is 1. The molecule has 126 valence electrons. The maximum absolute atomic E-state index is 13.6. The number of aromatic nitrogens is 1. The molecule has 1 aromatic rings. The van der Waals surface area contributed by atoms with Gasteiger partial charge in [-0.1, -0.05) is 6.08 Å². The largest absolute Gasteiger partial charge is 0.469 e. The Balaban J connectivity index is 2.26. The molecule has 0 spiro atoms. The lowest BCUT2D eigenvalue weighted by molar-refractivity contribution is -0.184. The molecule has 0 radical (unpaired) electrons. The van der Waals surface area contributed by atoms with E-state index in [1.165, 1.54) is 20.1 Å². The molecule has 7 heteroatoms. The first-order chi connectivity index (χ1) is 10.5. The van der Waals surface area contributed by atoms with E-state index in [0.29, 0.717) is 21.8 Å². The molecule has 1 N–H and O–H groups in total. The van der Waals surface area contributed by atoms with Crippen molar-refractivity contribution in [3.05, 3.63) is 21.8 Å². The molecule has 2 aliphatic carbocycles. The van der Waals surface area contributed by atoms with Crippen LogP contribution < -0.4 is 10.6 Å². The fourth-order valence-corrected chi connectivity index (χ4v) is 3.84. The molecule has 3 unspecified atom stereocenters. The summed E-state index contributed by atoms with van der Waals surface area (Å²) in [5.74, 6) is -1.49. The van der Waals surface area contributed by atoms with Crippen molar-refractivity contribution in [1.29, 1.82) is 0 Å². The number of hydrogen-bond acceptors (Lipinski definition) is 3. The van der Waals surface area contributed by atoms with Crippen LogP contribution in [0.1, 0.15) is 18.2 Å². The highest BCUT2D eigenvalue weighted by molar-refractivity contribution is 5.74. The Kier molecular flexibility index (Phi) is 3.09. The van der Waals surface area contributed by atoms with Crippen LogP contribution in [0.25, 0.3) is 12.2 Å². The van der Waals surface area contributed by atoms with Gasteiger partial charge in [-0.25, -0.2) is 0 Å². The SMILES string of the molecule is COC(=O)Cc1c(C)n(C)c2c1=CC1C(C)(O)C1(C(F)(F)F)C=2. The van der Waals surface area contributed by atoms with Crippen LogP contribution in [0.15, 0.2) is 0 Å². The van der Waals surface area contributed by atoms with Crippen molar-refractivity contribution in [2.75, 3.05) is 7.11 Å². The number of alkyl halides is 3. The summed E-state index contributed by atoms with van der Waals surface area (Å²) in [4.78, 5) is 11.6. The Morgan fingerprint density at radius 3 is 2.61 bits per heavy atom. The molecule has 4 nitrogen and oxygen atoms in total. The third-order valence-corrected chi connectivity index (χ3v) is 5.47. The van der Waals surface area contributed by atoms with E-state index >= 15 is 0 Å². The summed E-state index contributed by atoms with van der Waals surface area (Å²) in [7, 11) is 2.92. The zero-order valence-corrected chi connectivity index (χ0v) is 13.3. The summed E-state index contributed by atoms with van der Waals surface area (Å²) in [6, 6.07) is 0. The molecule has 23 heavy (non-hydrogen) atoms. The van der Waals surface area contributed by atoms with Crippen LogP contribution in [0.2, 0.25) is 0 Å². The minimum Gasteiger partial charge on any atom is -0.469 e. The van der Waals surface area contributed by atoms with Gasteiger partial charge >= 0.3 is 12.1 Å². The van der Waals surface area contributed by atoms with Gasteiger partial charge in [-0.3, -0.25) is 4.79 Å². The molecule has 1 heterocycles. The van der Waals surface area contributed by atoms with E-state index in [1.54, 1.807) is 18.5 Å². The summed E-state index contributed by atoms with van der Waals surface area (Å²) in [6.07, 6.45) is -1.99. The van der Waals surface area contributed by atoms with Crippen LogP contribution >= 0.6 is 0 Å². The highest BCUT2D eigenvalue weighted by atomic mass is 19.4. The summed E-state index contributed by atoms with van der Waals surface area (Å²) < 4.78 is 47.0. The molecule has 0 aromatic carbocycles. The number of nitrogens with zero attached hydrogens (tertiary/aromatic N) is 1. The number of fused-ring (bicyclic) bond motifs is 2. The van der Waals surface area contributed by atoms with Gasteiger partial charge in [-0.05, 0) is 30.7 Å². The Morgan fingerprint density at radius 1 is 1.48 bits per heavy atom. The van der Waals surface area contributed by atoms with Gasteiger partial charge in [0.25, 0.3) is 0 Å². The van der Waals surface area contributed by atoms with Crippen molar-refractivity contribution in [2.24, 2.45) is 18.4 Å². The zero-order valence-electron chi connectivity index (χ0n) is 13.3. The van der Waals surface area contributed by atoms with E-state index in [4.69, 9.17) is 0 Å². The zero-order chi connectivity index (χ0) is 17.4. The third kappa shape index (κ3) is 1.80. The Labute approximate surface area is 130 Å². The van der Waals surface area contributed by atoms with Gasteiger partial charge < -0.3 is 14.4 Å². The molecular weight excluding hydrogens is 311 g/mol. The fourth-order valence-electron chi connectivity index (χ4n) is 3.84. The highest BCUT2D eigenvalue weighted by Crippen LogP contribution is 2.71. The quantitative estimate of drug-likeness (QED) is 0.807. The Morgan fingerprint density at radius 2 is 2.09 bits per heavy atom. The number of carbonyl (C=O) groups excluding carboxylic acids is 1. The van der Waals surface area contributed by atoms with Gasteiger partial charge in [-0.15, -0.1) is 0 Å². The van der Waals surface area contributed by atoms with Crippen molar-refractivity contribution in [2.45, 2.75) is 32.0 Å². The number of ether oxygens (including phenoxy) is 1. The van der Waals surface area contributed by atoms with Crippen molar-refractivity contribution in [3.63, 3.8) is 0 Å². The molecule has 0 amide bonds. The molecule has 0 aliphatic heterocycles. The number of hydrogen-bond donors (Lipinski definition) is 1. The van der Waals surface area contributed by atoms with Crippen LogP contribution in [0, 0.1) is 18.3 Å². The van der Waals surface area contributed by atoms with Crippen LogP contribution in [0.5, 0.6) is 0 Å². The van der Waals surface area contributed by atoms with Gasteiger partial charge in [0.05, 0.1) is 19.1 Å². The van der Waals surface area contributed by atoms with E-state index < -0.39 is 29.1 Å². The third-order valence-electron chi connectivity index (χ3n) is 5.47. The molecule has 1 aromatic heterocycles. The topological polar surface area (TPSA) is 51.5 Å². The standard InChI is InChI=1S/C16H18F3NO3/c1-8-9(6-13(21)23-4)10-5-12-14(2,22)15(12,16(17,18)19)7-11(10)20(8)3/h5,7,12,22H,6H2,1-4H3. The van der Waals surface area contributed by atoms with Crippen molar-refractivity contribution in [3.8, 4) is 0 Å². The second-order valence-electron chi connectivity index (χ2n) is 6.48. The number of carbonyl (C=O) groups is 1. The highest BCUT2D eigenvalue weighted by Gasteiger charge is 2.83. The van der Waals surface area contributed by atoms with Gasteiger partial charge in [-0.2, -0.15) is 13.2 Å². The normalized spacial score (nSPS) is 31.6.